The van der Waals surface area contributed by atoms with Crippen LogP contribution in [-0.2, 0) is 27.4 Å². The van der Waals surface area contributed by atoms with Crippen molar-refractivity contribution < 1.29 is 14.3 Å². The molecule has 0 aromatic heterocycles. The van der Waals surface area contributed by atoms with Crippen LogP contribution in [0, 0.1) is 0 Å². The highest BCUT2D eigenvalue weighted by atomic mass is 16.5. The number of para-hydroxylation sites is 1. The molecule has 2 amide bonds. The molecule has 0 unspecified atom stereocenters. The monoisotopic (exact) mass is 395 g/mol. The van der Waals surface area contributed by atoms with Gasteiger partial charge in [0.2, 0.25) is 11.8 Å². The number of aryl methyl sites for hydroxylation is 1. The van der Waals surface area contributed by atoms with Gasteiger partial charge in [-0.3, -0.25) is 14.5 Å². The third kappa shape index (κ3) is 6.41. The molecule has 1 saturated heterocycles. The zero-order valence-electron chi connectivity index (χ0n) is 17.0. The number of nitrogens with one attached hydrogen (secondary N) is 1. The molecule has 1 fully saturated rings. The number of rotatable bonds is 8. The number of anilines is 1. The Morgan fingerprint density at radius 3 is 2.38 bits per heavy atom. The molecule has 29 heavy (non-hydrogen) atoms. The summed E-state index contributed by atoms with van der Waals surface area (Å²) < 4.78 is 5.55. The van der Waals surface area contributed by atoms with Crippen LogP contribution in [0.15, 0.2) is 54.6 Å². The maximum Gasteiger partial charge on any atom is 0.248 e. The molecule has 0 aliphatic carbocycles. The average molecular weight is 396 g/mol. The third-order valence-electron chi connectivity index (χ3n) is 5.10. The fourth-order valence-corrected chi connectivity index (χ4v) is 3.42. The molecule has 1 aliphatic rings. The number of amides is 2. The van der Waals surface area contributed by atoms with E-state index in [0.29, 0.717) is 39.3 Å². The van der Waals surface area contributed by atoms with Gasteiger partial charge in [-0.1, -0.05) is 55.5 Å². The highest BCUT2D eigenvalue weighted by molar-refractivity contribution is 5.93. The second-order valence-corrected chi connectivity index (χ2v) is 7.19. The lowest BCUT2D eigenvalue weighted by atomic mass is 10.1. The Balaban J connectivity index is 1.37. The number of hydrogen-bond acceptors (Lipinski definition) is 4. The number of nitrogens with zero attached hydrogens (tertiary/aromatic N) is 2. The Kier molecular flexibility index (Phi) is 7.78. The summed E-state index contributed by atoms with van der Waals surface area (Å²) in [5, 5.41) is 3.01. The van der Waals surface area contributed by atoms with Gasteiger partial charge in [0.1, 0.15) is 6.61 Å². The first-order valence-electron chi connectivity index (χ1n) is 10.1. The smallest absolute Gasteiger partial charge is 0.248 e. The minimum atomic E-state index is -0.0168. The molecular formula is C23H29N3O3. The Bertz CT molecular complexity index is 802. The van der Waals surface area contributed by atoms with E-state index >= 15 is 0 Å². The SMILES string of the molecule is CCc1ccccc1NC(=O)CN1CCN(C(=O)COCc2ccccc2)CC1. The Labute approximate surface area is 172 Å². The molecule has 0 spiro atoms. The summed E-state index contributed by atoms with van der Waals surface area (Å²) in [5.74, 6) is -0.0150. The molecule has 154 valence electrons. The van der Waals surface area contributed by atoms with E-state index in [1.54, 1.807) is 0 Å². The molecule has 6 nitrogen and oxygen atoms in total. The average Bonchev–Trinajstić information content (AvgIpc) is 2.75. The summed E-state index contributed by atoms with van der Waals surface area (Å²) in [6.07, 6.45) is 0.879. The molecule has 1 heterocycles. The summed E-state index contributed by atoms with van der Waals surface area (Å²) in [4.78, 5) is 28.6. The Hall–Kier alpha value is -2.70. The van der Waals surface area contributed by atoms with Crippen molar-refractivity contribution in [1.29, 1.82) is 0 Å². The van der Waals surface area contributed by atoms with Crippen molar-refractivity contribution in [3.63, 3.8) is 0 Å². The van der Waals surface area contributed by atoms with Crippen LogP contribution >= 0.6 is 0 Å². The number of carbonyl (C=O) groups excluding carboxylic acids is 2. The van der Waals surface area contributed by atoms with Crippen LogP contribution < -0.4 is 5.32 Å². The lowest BCUT2D eigenvalue weighted by Crippen LogP contribution is -2.51. The zero-order chi connectivity index (χ0) is 20.5. The van der Waals surface area contributed by atoms with Gasteiger partial charge in [0, 0.05) is 31.9 Å². The fourth-order valence-electron chi connectivity index (χ4n) is 3.42. The summed E-state index contributed by atoms with van der Waals surface area (Å²) in [7, 11) is 0. The van der Waals surface area contributed by atoms with Crippen LogP contribution in [-0.4, -0.2) is 60.9 Å². The largest absolute Gasteiger partial charge is 0.367 e. The van der Waals surface area contributed by atoms with Crippen LogP contribution in [0.2, 0.25) is 0 Å². The van der Waals surface area contributed by atoms with E-state index in [1.165, 1.54) is 0 Å². The van der Waals surface area contributed by atoms with Gasteiger partial charge in [0.25, 0.3) is 0 Å². The third-order valence-corrected chi connectivity index (χ3v) is 5.10. The number of piperazine rings is 1. The van der Waals surface area contributed by atoms with Crippen molar-refractivity contribution in [1.82, 2.24) is 9.80 Å². The molecule has 1 aliphatic heterocycles. The van der Waals surface area contributed by atoms with Gasteiger partial charge >= 0.3 is 0 Å². The first-order chi connectivity index (χ1) is 14.2. The van der Waals surface area contributed by atoms with Gasteiger partial charge in [-0.15, -0.1) is 0 Å². The minimum Gasteiger partial charge on any atom is -0.367 e. The van der Waals surface area contributed by atoms with Crippen molar-refractivity contribution in [2.75, 3.05) is 44.6 Å². The van der Waals surface area contributed by atoms with Crippen molar-refractivity contribution in [3.8, 4) is 0 Å². The van der Waals surface area contributed by atoms with Crippen molar-refractivity contribution >= 4 is 17.5 Å². The molecule has 6 heteroatoms. The molecule has 0 saturated carbocycles. The van der Waals surface area contributed by atoms with Crippen LogP contribution in [0.4, 0.5) is 5.69 Å². The lowest BCUT2D eigenvalue weighted by Gasteiger charge is -2.34. The summed E-state index contributed by atoms with van der Waals surface area (Å²) >= 11 is 0. The maximum absolute atomic E-state index is 12.4. The topological polar surface area (TPSA) is 61.9 Å². The van der Waals surface area contributed by atoms with E-state index < -0.39 is 0 Å². The van der Waals surface area contributed by atoms with E-state index in [1.807, 2.05) is 59.5 Å². The normalized spacial score (nSPS) is 14.6. The molecule has 2 aromatic rings. The Morgan fingerprint density at radius 2 is 1.66 bits per heavy atom. The van der Waals surface area contributed by atoms with Crippen molar-refractivity contribution in [2.45, 2.75) is 20.0 Å². The second-order valence-electron chi connectivity index (χ2n) is 7.19. The molecule has 0 radical (unpaired) electrons. The minimum absolute atomic E-state index is 0.00176. The standard InChI is InChI=1S/C23H29N3O3/c1-2-20-10-6-7-11-21(20)24-22(27)16-25-12-14-26(15-13-25)23(28)18-29-17-19-8-4-3-5-9-19/h3-11H,2,12-18H2,1H3,(H,24,27). The molecular weight excluding hydrogens is 366 g/mol. The van der Waals surface area contributed by atoms with Crippen LogP contribution in [0.5, 0.6) is 0 Å². The quantitative estimate of drug-likeness (QED) is 0.746. The molecule has 0 bridgehead atoms. The van der Waals surface area contributed by atoms with Gasteiger partial charge in [0.05, 0.1) is 13.2 Å². The molecule has 0 atom stereocenters. The Morgan fingerprint density at radius 1 is 0.966 bits per heavy atom. The maximum atomic E-state index is 12.4. The summed E-state index contributed by atoms with van der Waals surface area (Å²) in [6.45, 7) is 5.55. The van der Waals surface area contributed by atoms with Gasteiger partial charge < -0.3 is 15.0 Å². The first-order valence-corrected chi connectivity index (χ1v) is 10.1. The van der Waals surface area contributed by atoms with E-state index in [9.17, 15) is 9.59 Å². The van der Waals surface area contributed by atoms with Crippen LogP contribution in [0.1, 0.15) is 18.1 Å². The molecule has 2 aromatic carbocycles. The van der Waals surface area contributed by atoms with Crippen molar-refractivity contribution in [3.05, 3.63) is 65.7 Å². The van der Waals surface area contributed by atoms with E-state index in [-0.39, 0.29) is 18.4 Å². The van der Waals surface area contributed by atoms with E-state index in [2.05, 4.69) is 17.1 Å². The summed E-state index contributed by atoms with van der Waals surface area (Å²) in [5.41, 5.74) is 3.07. The van der Waals surface area contributed by atoms with Gasteiger partial charge in [-0.05, 0) is 23.6 Å². The van der Waals surface area contributed by atoms with Crippen LogP contribution in [0.3, 0.4) is 0 Å². The van der Waals surface area contributed by atoms with Gasteiger partial charge in [-0.25, -0.2) is 0 Å². The van der Waals surface area contributed by atoms with E-state index in [4.69, 9.17) is 4.74 Å². The predicted molar refractivity (Wildman–Crippen MR) is 114 cm³/mol. The number of benzene rings is 2. The van der Waals surface area contributed by atoms with Gasteiger partial charge in [-0.2, -0.15) is 0 Å². The fraction of sp³-hybridized carbons (Fsp3) is 0.391. The number of carbonyl (C=O) groups is 2. The first kappa shape index (κ1) is 21.0. The highest BCUT2D eigenvalue weighted by Gasteiger charge is 2.22. The molecule has 3 rings (SSSR count). The van der Waals surface area contributed by atoms with Crippen molar-refractivity contribution in [2.24, 2.45) is 0 Å². The van der Waals surface area contributed by atoms with Gasteiger partial charge in [0.15, 0.2) is 0 Å². The summed E-state index contributed by atoms with van der Waals surface area (Å²) in [6, 6.07) is 17.7. The lowest BCUT2D eigenvalue weighted by molar-refractivity contribution is -0.138. The van der Waals surface area contributed by atoms with E-state index in [0.717, 1.165) is 23.2 Å². The number of hydrogen-bond donors (Lipinski definition) is 1. The second kappa shape index (κ2) is 10.7. The molecule has 1 N–H and O–H groups in total. The predicted octanol–water partition coefficient (Wildman–Crippen LogP) is 2.55. The number of ether oxygens (including phenoxy) is 1. The van der Waals surface area contributed by atoms with Crippen LogP contribution in [0.25, 0.3) is 0 Å². The highest BCUT2D eigenvalue weighted by Crippen LogP contribution is 2.15. The zero-order valence-corrected chi connectivity index (χ0v) is 17.0.